The zero-order chi connectivity index (χ0) is 14.3. The molecular weight excluding hydrogens is 277 g/mol. The number of carbonyl (C=O) groups is 1. The van der Waals surface area contributed by atoms with E-state index in [0.29, 0.717) is 0 Å². The van der Waals surface area contributed by atoms with Crippen LogP contribution in [0.4, 0.5) is 13.2 Å². The molecule has 1 atom stereocenters. The van der Waals surface area contributed by atoms with Gasteiger partial charge in [-0.15, -0.1) is 0 Å². The lowest BCUT2D eigenvalue weighted by atomic mass is 9.98. The fraction of sp³-hybridized carbons (Fsp3) is 0.417. The average molecular weight is 292 g/mol. The number of rotatable bonds is 6. The van der Waals surface area contributed by atoms with E-state index in [2.05, 4.69) is 5.32 Å². The molecule has 1 aromatic carbocycles. The van der Waals surface area contributed by atoms with Gasteiger partial charge in [0.15, 0.2) is 0 Å². The zero-order valence-corrected chi connectivity index (χ0v) is 10.9. The number of hydrogen-bond donors (Lipinski definition) is 2. The van der Waals surface area contributed by atoms with Crippen LogP contribution >= 0.6 is 11.8 Å². The lowest BCUT2D eigenvalue weighted by Crippen LogP contribution is -2.35. The van der Waals surface area contributed by atoms with E-state index < -0.39 is 11.4 Å². The van der Waals surface area contributed by atoms with Crippen LogP contribution in [0.3, 0.4) is 0 Å². The second-order valence-corrected chi connectivity index (χ2v) is 4.94. The maximum Gasteiger partial charge on any atom is 0.441 e. The van der Waals surface area contributed by atoms with E-state index in [1.165, 1.54) is 0 Å². The summed E-state index contributed by atoms with van der Waals surface area (Å²) in [4.78, 5) is 11.8. The summed E-state index contributed by atoms with van der Waals surface area (Å²) in [6.45, 7) is 0.0780. The lowest BCUT2D eigenvalue weighted by Gasteiger charge is -2.15. The number of amides is 1. The van der Waals surface area contributed by atoms with Gasteiger partial charge in [0.25, 0.3) is 0 Å². The molecule has 3 N–H and O–H groups in total. The van der Waals surface area contributed by atoms with Crippen molar-refractivity contribution < 1.29 is 18.0 Å². The molecule has 0 bridgehead atoms. The van der Waals surface area contributed by atoms with E-state index in [9.17, 15) is 18.0 Å². The maximum absolute atomic E-state index is 11.9. The van der Waals surface area contributed by atoms with Crippen molar-refractivity contribution in [2.75, 3.05) is 18.8 Å². The van der Waals surface area contributed by atoms with Gasteiger partial charge in [0, 0.05) is 18.8 Å². The average Bonchev–Trinajstić information content (AvgIpc) is 2.36. The second kappa shape index (κ2) is 7.40. The SMILES string of the molecule is NCC(C(=O)NCCSC(F)(F)F)c1ccccc1. The van der Waals surface area contributed by atoms with E-state index in [1.807, 2.05) is 6.07 Å². The minimum Gasteiger partial charge on any atom is -0.355 e. The second-order valence-electron chi connectivity index (χ2n) is 3.78. The molecule has 0 aliphatic rings. The van der Waals surface area contributed by atoms with Gasteiger partial charge in [-0.05, 0) is 17.3 Å². The molecule has 0 saturated carbocycles. The van der Waals surface area contributed by atoms with Crippen molar-refractivity contribution in [1.29, 1.82) is 0 Å². The number of halogens is 3. The molecule has 0 aliphatic heterocycles. The first-order valence-electron chi connectivity index (χ1n) is 5.67. The Morgan fingerprint density at radius 1 is 1.32 bits per heavy atom. The number of alkyl halides is 3. The Balaban J connectivity index is 2.43. The highest BCUT2D eigenvalue weighted by Gasteiger charge is 2.27. The number of nitrogens with two attached hydrogens (primary N) is 1. The third kappa shape index (κ3) is 5.98. The highest BCUT2D eigenvalue weighted by molar-refractivity contribution is 8.00. The quantitative estimate of drug-likeness (QED) is 0.790. The summed E-state index contributed by atoms with van der Waals surface area (Å²) in [5.41, 5.74) is 2.02. The van der Waals surface area contributed by atoms with E-state index in [4.69, 9.17) is 5.73 Å². The molecule has 0 fully saturated rings. The molecule has 19 heavy (non-hydrogen) atoms. The third-order valence-corrected chi connectivity index (χ3v) is 3.16. The number of thioether (sulfide) groups is 1. The Morgan fingerprint density at radius 2 is 1.95 bits per heavy atom. The maximum atomic E-state index is 11.9. The Bertz CT molecular complexity index is 398. The molecule has 0 heterocycles. The van der Waals surface area contributed by atoms with Crippen LogP contribution in [0.5, 0.6) is 0 Å². The fourth-order valence-electron chi connectivity index (χ4n) is 1.54. The van der Waals surface area contributed by atoms with Crippen LogP contribution in [-0.4, -0.2) is 30.3 Å². The number of carbonyl (C=O) groups excluding carboxylic acids is 1. The molecule has 0 aliphatic carbocycles. The van der Waals surface area contributed by atoms with Crippen LogP contribution < -0.4 is 11.1 Å². The Morgan fingerprint density at radius 3 is 2.47 bits per heavy atom. The smallest absolute Gasteiger partial charge is 0.355 e. The highest BCUT2D eigenvalue weighted by atomic mass is 32.2. The van der Waals surface area contributed by atoms with Crippen molar-refractivity contribution in [3.8, 4) is 0 Å². The molecule has 3 nitrogen and oxygen atoms in total. The van der Waals surface area contributed by atoms with Crippen LogP contribution in [0.1, 0.15) is 11.5 Å². The summed E-state index contributed by atoms with van der Waals surface area (Å²) in [7, 11) is 0. The summed E-state index contributed by atoms with van der Waals surface area (Å²) < 4.78 is 35.7. The molecule has 1 amide bonds. The summed E-state index contributed by atoms with van der Waals surface area (Å²) in [6.07, 6.45) is 0. The van der Waals surface area contributed by atoms with Gasteiger partial charge in [-0.2, -0.15) is 13.2 Å². The van der Waals surface area contributed by atoms with Gasteiger partial charge in [0.05, 0.1) is 5.92 Å². The lowest BCUT2D eigenvalue weighted by molar-refractivity contribution is -0.122. The van der Waals surface area contributed by atoms with Crippen molar-refractivity contribution in [1.82, 2.24) is 5.32 Å². The van der Waals surface area contributed by atoms with Crippen LogP contribution in [-0.2, 0) is 4.79 Å². The first kappa shape index (κ1) is 15.8. The minimum absolute atomic E-state index is 0.0354. The molecule has 0 saturated heterocycles. The Labute approximate surface area is 113 Å². The first-order chi connectivity index (χ1) is 8.94. The minimum atomic E-state index is -4.27. The van der Waals surface area contributed by atoms with Crippen LogP contribution in [0.2, 0.25) is 0 Å². The van der Waals surface area contributed by atoms with E-state index in [-0.39, 0.29) is 36.5 Å². The molecule has 0 radical (unpaired) electrons. The van der Waals surface area contributed by atoms with Crippen molar-refractivity contribution >= 4 is 17.7 Å². The Hall–Kier alpha value is -1.21. The van der Waals surface area contributed by atoms with Crippen molar-refractivity contribution in [3.63, 3.8) is 0 Å². The summed E-state index contributed by atoms with van der Waals surface area (Å²) in [5, 5.41) is 2.46. The third-order valence-electron chi connectivity index (χ3n) is 2.42. The predicted molar refractivity (Wildman–Crippen MR) is 69.8 cm³/mol. The van der Waals surface area contributed by atoms with Crippen LogP contribution in [0.15, 0.2) is 30.3 Å². The summed E-state index contributed by atoms with van der Waals surface area (Å²) in [5.74, 6) is -1.09. The van der Waals surface area contributed by atoms with Crippen LogP contribution in [0, 0.1) is 0 Å². The molecule has 1 aromatic rings. The van der Waals surface area contributed by atoms with E-state index >= 15 is 0 Å². The zero-order valence-electron chi connectivity index (χ0n) is 10.1. The van der Waals surface area contributed by atoms with E-state index in [1.54, 1.807) is 24.3 Å². The monoisotopic (exact) mass is 292 g/mol. The normalized spacial score (nSPS) is 13.1. The summed E-state index contributed by atoms with van der Waals surface area (Å²) in [6, 6.07) is 8.91. The van der Waals surface area contributed by atoms with Crippen molar-refractivity contribution in [3.05, 3.63) is 35.9 Å². The first-order valence-corrected chi connectivity index (χ1v) is 6.66. The number of hydrogen-bond acceptors (Lipinski definition) is 3. The van der Waals surface area contributed by atoms with Gasteiger partial charge in [-0.1, -0.05) is 30.3 Å². The highest BCUT2D eigenvalue weighted by Crippen LogP contribution is 2.29. The predicted octanol–water partition coefficient (Wildman–Crippen LogP) is 2.10. The fourth-order valence-corrected chi connectivity index (χ4v) is 1.98. The molecule has 1 rings (SSSR count). The van der Waals surface area contributed by atoms with Gasteiger partial charge in [-0.25, -0.2) is 0 Å². The van der Waals surface area contributed by atoms with Gasteiger partial charge < -0.3 is 11.1 Å². The van der Waals surface area contributed by atoms with Crippen LogP contribution in [0.25, 0.3) is 0 Å². The topological polar surface area (TPSA) is 55.1 Å². The molecule has 7 heteroatoms. The van der Waals surface area contributed by atoms with Crippen molar-refractivity contribution in [2.24, 2.45) is 5.73 Å². The largest absolute Gasteiger partial charge is 0.441 e. The molecule has 0 aromatic heterocycles. The Kier molecular flexibility index (Phi) is 6.17. The molecule has 0 spiro atoms. The molecule has 106 valence electrons. The molecular formula is C12H15F3N2OS. The van der Waals surface area contributed by atoms with Crippen molar-refractivity contribution in [2.45, 2.75) is 11.4 Å². The van der Waals surface area contributed by atoms with Gasteiger partial charge in [-0.3, -0.25) is 4.79 Å². The number of benzene rings is 1. The number of nitrogens with one attached hydrogen (secondary N) is 1. The van der Waals surface area contributed by atoms with Gasteiger partial charge in [0.1, 0.15) is 0 Å². The standard InChI is InChI=1S/C12H15F3N2OS/c13-12(14,15)19-7-6-17-11(18)10(8-16)9-4-2-1-3-5-9/h1-5,10H,6-8,16H2,(H,17,18). The van der Waals surface area contributed by atoms with Gasteiger partial charge in [0.2, 0.25) is 5.91 Å². The summed E-state index contributed by atoms with van der Waals surface area (Å²) >= 11 is -0.155. The van der Waals surface area contributed by atoms with Gasteiger partial charge >= 0.3 is 5.51 Å². The molecule has 1 unspecified atom stereocenters. The van der Waals surface area contributed by atoms with E-state index in [0.717, 1.165) is 5.56 Å².